The Morgan fingerprint density at radius 1 is 1.57 bits per heavy atom. The summed E-state index contributed by atoms with van der Waals surface area (Å²) in [5.74, 6) is 0.474. The summed E-state index contributed by atoms with van der Waals surface area (Å²) in [6.45, 7) is -0.671. The Morgan fingerprint density at radius 2 is 2.36 bits per heavy atom. The fourth-order valence-corrected chi connectivity index (χ4v) is 0.963. The molecule has 1 N–H and O–H groups in total. The minimum Gasteiger partial charge on any atom is -0.448 e. The maximum atomic E-state index is 11.6. The second kappa shape index (κ2) is 5.66. The van der Waals surface area contributed by atoms with E-state index in [-0.39, 0.29) is 13.2 Å². The Balaban J connectivity index is 2.24. The van der Waals surface area contributed by atoms with Gasteiger partial charge in [-0.3, -0.25) is 0 Å². The van der Waals surface area contributed by atoms with E-state index in [2.05, 4.69) is 9.72 Å². The van der Waals surface area contributed by atoms with Crippen LogP contribution in [0.1, 0.15) is 11.5 Å². The van der Waals surface area contributed by atoms with Crippen LogP contribution in [0, 0.1) is 0 Å². The average Bonchev–Trinajstić information content (AvgIpc) is 2.59. The van der Waals surface area contributed by atoms with Crippen LogP contribution in [-0.4, -0.2) is 29.7 Å². The lowest BCUT2D eigenvalue weighted by molar-refractivity contribution is 0.0175. The van der Waals surface area contributed by atoms with Gasteiger partial charge in [0.1, 0.15) is 18.1 Å². The highest BCUT2D eigenvalue weighted by Gasteiger charge is 2.07. The van der Waals surface area contributed by atoms with Crippen LogP contribution in [0.2, 0.25) is 0 Å². The summed E-state index contributed by atoms with van der Waals surface area (Å²) in [7, 11) is 0. The number of aliphatic hydroxyl groups excluding tert-OH is 1. The van der Waals surface area contributed by atoms with Crippen molar-refractivity contribution in [3.05, 3.63) is 17.8 Å². The molecule has 1 heterocycles. The van der Waals surface area contributed by atoms with E-state index in [1.807, 2.05) is 0 Å². The van der Waals surface area contributed by atoms with E-state index in [1.165, 1.54) is 6.39 Å². The van der Waals surface area contributed by atoms with E-state index in [0.29, 0.717) is 17.9 Å². The van der Waals surface area contributed by atoms with Gasteiger partial charge in [-0.05, 0) is 0 Å². The fourth-order valence-electron chi connectivity index (χ4n) is 0.963. The van der Waals surface area contributed by atoms with Crippen molar-refractivity contribution < 1.29 is 23.0 Å². The van der Waals surface area contributed by atoms with E-state index in [4.69, 9.17) is 9.52 Å². The molecule has 0 saturated heterocycles. The first kappa shape index (κ1) is 11.1. The molecule has 1 rings (SSSR count). The number of ether oxygens (including phenoxy) is 1. The number of nitrogens with zero attached hydrogens (tertiary/aromatic N) is 1. The molecule has 0 unspecified atom stereocenters. The lowest BCUT2D eigenvalue weighted by Gasteiger charge is -2.01. The molecule has 0 fully saturated rings. The largest absolute Gasteiger partial charge is 0.448 e. The molecule has 1 aromatic heterocycles. The monoisotopic (exact) mass is 207 g/mol. The normalized spacial score (nSPS) is 11.1. The van der Waals surface area contributed by atoms with Crippen LogP contribution >= 0.6 is 0 Å². The Morgan fingerprint density at radius 3 is 3.00 bits per heavy atom. The van der Waals surface area contributed by atoms with Crippen molar-refractivity contribution >= 4 is 0 Å². The number of halogens is 2. The van der Waals surface area contributed by atoms with E-state index in [1.54, 1.807) is 0 Å². The number of rotatable bonds is 6. The van der Waals surface area contributed by atoms with Gasteiger partial charge in [-0.1, -0.05) is 0 Å². The third-order valence-corrected chi connectivity index (χ3v) is 1.59. The Labute approximate surface area is 79.5 Å². The highest BCUT2D eigenvalue weighted by molar-refractivity contribution is 5.05. The van der Waals surface area contributed by atoms with Crippen molar-refractivity contribution in [1.82, 2.24) is 4.98 Å². The predicted octanol–water partition coefficient (Wildman–Crippen LogP) is 0.991. The molecule has 0 aliphatic heterocycles. The van der Waals surface area contributed by atoms with Gasteiger partial charge in [-0.15, -0.1) is 0 Å². The van der Waals surface area contributed by atoms with Gasteiger partial charge in [-0.25, -0.2) is 13.8 Å². The van der Waals surface area contributed by atoms with Crippen LogP contribution in [0.15, 0.2) is 10.8 Å². The van der Waals surface area contributed by atoms with Gasteiger partial charge < -0.3 is 14.3 Å². The lowest BCUT2D eigenvalue weighted by atomic mass is 10.3. The van der Waals surface area contributed by atoms with Crippen LogP contribution in [0.3, 0.4) is 0 Å². The van der Waals surface area contributed by atoms with Crippen molar-refractivity contribution in [2.75, 3.05) is 13.2 Å². The number of aliphatic hydroxyl groups is 1. The topological polar surface area (TPSA) is 55.5 Å². The summed E-state index contributed by atoms with van der Waals surface area (Å²) < 4.78 is 32.9. The molecule has 0 saturated carbocycles. The van der Waals surface area contributed by atoms with Gasteiger partial charge in [0.2, 0.25) is 0 Å². The maximum absolute atomic E-state index is 11.6. The number of aromatic nitrogens is 1. The molecule has 0 aromatic carbocycles. The third kappa shape index (κ3) is 3.39. The Hall–Kier alpha value is -1.01. The predicted molar refractivity (Wildman–Crippen MR) is 43.0 cm³/mol. The van der Waals surface area contributed by atoms with Gasteiger partial charge in [0.05, 0.1) is 13.2 Å². The van der Waals surface area contributed by atoms with E-state index >= 15 is 0 Å². The number of hydrogen-bond acceptors (Lipinski definition) is 4. The fraction of sp³-hybridized carbons (Fsp3) is 0.625. The van der Waals surface area contributed by atoms with Crippen LogP contribution in [0.25, 0.3) is 0 Å². The van der Waals surface area contributed by atoms with Crippen LogP contribution in [-0.2, 0) is 17.8 Å². The molecule has 0 atom stereocenters. The van der Waals surface area contributed by atoms with Crippen molar-refractivity contribution in [1.29, 1.82) is 0 Å². The van der Waals surface area contributed by atoms with Crippen molar-refractivity contribution in [3.8, 4) is 0 Å². The zero-order chi connectivity index (χ0) is 10.4. The molecule has 0 spiro atoms. The van der Waals surface area contributed by atoms with Crippen LogP contribution in [0.5, 0.6) is 0 Å². The molecule has 14 heavy (non-hydrogen) atoms. The van der Waals surface area contributed by atoms with Crippen molar-refractivity contribution in [2.24, 2.45) is 0 Å². The molecule has 0 aliphatic carbocycles. The minimum atomic E-state index is -2.46. The number of hydrogen-bond donors (Lipinski definition) is 1. The molecule has 4 nitrogen and oxygen atoms in total. The second-order valence-corrected chi connectivity index (χ2v) is 2.60. The third-order valence-electron chi connectivity index (χ3n) is 1.59. The first-order valence-electron chi connectivity index (χ1n) is 4.12. The zero-order valence-corrected chi connectivity index (χ0v) is 7.45. The Kier molecular flexibility index (Phi) is 4.48. The van der Waals surface area contributed by atoms with Crippen LogP contribution < -0.4 is 0 Å². The summed E-state index contributed by atoms with van der Waals surface area (Å²) in [6, 6.07) is 0. The standard InChI is InChI=1S/C8H11F2NO3/c9-8(10)4-13-2-1-7-6(3-12)11-5-14-7/h5,8,12H,1-4H2. The van der Waals surface area contributed by atoms with E-state index < -0.39 is 13.0 Å². The van der Waals surface area contributed by atoms with Crippen molar-refractivity contribution in [3.63, 3.8) is 0 Å². The highest BCUT2D eigenvalue weighted by Crippen LogP contribution is 2.07. The Bertz CT molecular complexity index is 265. The van der Waals surface area contributed by atoms with Crippen molar-refractivity contribution in [2.45, 2.75) is 19.5 Å². The molecular weight excluding hydrogens is 196 g/mol. The quantitative estimate of drug-likeness (QED) is 0.707. The SMILES string of the molecule is OCc1ncoc1CCOCC(F)F. The second-order valence-electron chi connectivity index (χ2n) is 2.60. The van der Waals surface area contributed by atoms with Gasteiger partial charge >= 0.3 is 0 Å². The smallest absolute Gasteiger partial charge is 0.261 e. The molecule has 6 heteroatoms. The first-order valence-corrected chi connectivity index (χ1v) is 4.12. The van der Waals surface area contributed by atoms with E-state index in [9.17, 15) is 8.78 Å². The first-order chi connectivity index (χ1) is 6.74. The zero-order valence-electron chi connectivity index (χ0n) is 7.45. The van der Waals surface area contributed by atoms with E-state index in [0.717, 1.165) is 0 Å². The molecule has 1 aromatic rings. The van der Waals surface area contributed by atoms with Gasteiger partial charge in [0.25, 0.3) is 6.43 Å². The maximum Gasteiger partial charge on any atom is 0.261 e. The van der Waals surface area contributed by atoms with Gasteiger partial charge in [0, 0.05) is 6.42 Å². The number of alkyl halides is 2. The summed E-state index contributed by atoms with van der Waals surface area (Å²) in [5, 5.41) is 8.77. The molecule has 0 radical (unpaired) electrons. The van der Waals surface area contributed by atoms with Gasteiger partial charge in [0.15, 0.2) is 6.39 Å². The molecule has 0 aliphatic rings. The summed E-state index contributed by atoms with van der Waals surface area (Å²) >= 11 is 0. The molecular formula is C8H11F2NO3. The summed E-state index contributed by atoms with van der Waals surface area (Å²) in [5.41, 5.74) is 0.422. The number of oxazole rings is 1. The molecule has 0 amide bonds. The summed E-state index contributed by atoms with van der Waals surface area (Å²) in [4.78, 5) is 3.73. The highest BCUT2D eigenvalue weighted by atomic mass is 19.3. The molecule has 0 bridgehead atoms. The minimum absolute atomic E-state index is 0.131. The molecule has 80 valence electrons. The summed E-state index contributed by atoms with van der Waals surface area (Å²) in [6.07, 6.45) is -0.918. The van der Waals surface area contributed by atoms with Crippen LogP contribution in [0.4, 0.5) is 8.78 Å². The lowest BCUT2D eigenvalue weighted by Crippen LogP contribution is -2.07. The van der Waals surface area contributed by atoms with Gasteiger partial charge in [-0.2, -0.15) is 0 Å². The average molecular weight is 207 g/mol.